The second-order valence-electron chi connectivity index (χ2n) is 28.6. The number of rotatable bonds is 73. The van der Waals surface area contributed by atoms with E-state index in [1.165, 1.54) is 180 Å². The van der Waals surface area contributed by atoms with Crippen molar-refractivity contribution in [3.63, 3.8) is 0 Å². The van der Waals surface area contributed by atoms with Crippen LogP contribution >= 0.6 is 15.6 Å². The molecule has 0 aliphatic heterocycles. The maximum atomic E-state index is 13.1. The zero-order valence-corrected chi connectivity index (χ0v) is 64.1. The lowest BCUT2D eigenvalue weighted by atomic mass is 9.99. The molecule has 0 aromatic carbocycles. The minimum Gasteiger partial charge on any atom is -0.462 e. The first-order valence-corrected chi connectivity index (χ1v) is 42.3. The molecule has 95 heavy (non-hydrogen) atoms. The van der Waals surface area contributed by atoms with Crippen LogP contribution in [0, 0.1) is 23.7 Å². The Hall–Kier alpha value is -1.94. The summed E-state index contributed by atoms with van der Waals surface area (Å²) in [6.07, 6.45) is 50.0. The van der Waals surface area contributed by atoms with Crippen molar-refractivity contribution in [1.82, 2.24) is 0 Å². The second kappa shape index (κ2) is 65.4. The van der Waals surface area contributed by atoms with Gasteiger partial charge in [0.15, 0.2) is 12.2 Å². The van der Waals surface area contributed by atoms with Gasteiger partial charge in [-0.2, -0.15) is 0 Å². The summed E-state index contributed by atoms with van der Waals surface area (Å²) in [6, 6.07) is 0. The van der Waals surface area contributed by atoms with Crippen molar-refractivity contribution in [2.75, 3.05) is 39.6 Å². The number of hydrogen-bond donors (Lipinski definition) is 3. The molecule has 5 unspecified atom stereocenters. The molecule has 0 amide bonds. The Kier molecular flexibility index (Phi) is 64.0. The molecule has 0 saturated carbocycles. The number of phosphoric acid groups is 2. The zero-order chi connectivity index (χ0) is 70.3. The van der Waals surface area contributed by atoms with Gasteiger partial charge in [-0.3, -0.25) is 37.3 Å². The number of hydrogen-bond acceptors (Lipinski definition) is 15. The Labute approximate surface area is 581 Å². The SMILES string of the molecule is CCC(C)CCCCCCCCCCCCCCCCC(=O)OC[C@H](COP(=O)(O)OC[C@@H](O)COP(=O)(O)OC[C@@H](COC(=O)CCCCCCCCC(C)CC)OC(=O)CCCCCCCCCCCCCCCCC(C)C)OC(=O)CCCCCCCCC(C)CC. The van der Waals surface area contributed by atoms with Gasteiger partial charge in [-0.25, -0.2) is 9.13 Å². The van der Waals surface area contributed by atoms with Gasteiger partial charge in [-0.05, 0) is 49.4 Å². The molecule has 564 valence electrons. The molecule has 0 spiro atoms. The van der Waals surface area contributed by atoms with Gasteiger partial charge in [-0.1, -0.05) is 331 Å². The molecule has 3 N–H and O–H groups in total. The van der Waals surface area contributed by atoms with Crippen molar-refractivity contribution in [2.24, 2.45) is 23.7 Å². The molecule has 0 radical (unpaired) electrons. The number of esters is 4. The van der Waals surface area contributed by atoms with Crippen LogP contribution in [0.1, 0.15) is 383 Å². The lowest BCUT2D eigenvalue weighted by Gasteiger charge is -2.21. The molecule has 0 aromatic heterocycles. The highest BCUT2D eigenvalue weighted by Crippen LogP contribution is 2.45. The maximum Gasteiger partial charge on any atom is 0.472 e. The number of aliphatic hydroxyl groups is 1. The molecule has 0 heterocycles. The highest BCUT2D eigenvalue weighted by molar-refractivity contribution is 7.47. The summed E-state index contributed by atoms with van der Waals surface area (Å²) in [5.74, 6) is 0.971. The summed E-state index contributed by atoms with van der Waals surface area (Å²) in [6.45, 7) is 14.2. The van der Waals surface area contributed by atoms with E-state index in [1.807, 2.05) is 0 Å². The molecule has 0 saturated heterocycles. The van der Waals surface area contributed by atoms with Gasteiger partial charge in [0.05, 0.1) is 26.4 Å². The van der Waals surface area contributed by atoms with E-state index in [4.69, 9.17) is 37.0 Å². The van der Waals surface area contributed by atoms with Crippen molar-refractivity contribution >= 4 is 39.5 Å². The third-order valence-electron chi connectivity index (χ3n) is 18.7. The fourth-order valence-electron chi connectivity index (χ4n) is 11.5. The molecule has 8 atom stereocenters. The van der Waals surface area contributed by atoms with E-state index >= 15 is 0 Å². The van der Waals surface area contributed by atoms with Crippen LogP contribution in [0.25, 0.3) is 0 Å². The van der Waals surface area contributed by atoms with Gasteiger partial charge in [0.2, 0.25) is 0 Å². The van der Waals surface area contributed by atoms with E-state index in [9.17, 15) is 43.2 Å². The standard InChI is InChI=1S/C76H148O17P2/c1-9-67(6)53-45-37-29-25-21-17-13-15-18-22-26-30-40-48-56-73(78)86-62-72(93-76(81)59-51-43-35-33-39-47-55-69(8)11-3)65-91-95(84,85)89-61-70(77)60-88-94(82,83)90-64-71(63-87-74(79)57-49-41-34-32-38-46-54-68(7)10-2)92-75(80)58-50-42-31-27-23-19-14-12-16-20-24-28-36-44-52-66(4)5/h66-72,77H,9-65H2,1-8H3,(H,82,83)(H,84,85)/t67?,68?,69?,70-,71+,72+/m0/s1. The third kappa shape index (κ3) is 66.4. The first-order valence-electron chi connectivity index (χ1n) is 39.3. The first-order chi connectivity index (χ1) is 45.7. The molecule has 0 fully saturated rings. The fraction of sp³-hybridized carbons (Fsp3) is 0.947. The summed E-state index contributed by atoms with van der Waals surface area (Å²) in [7, 11) is -9.91. The van der Waals surface area contributed by atoms with Crippen molar-refractivity contribution in [3.05, 3.63) is 0 Å². The summed E-state index contributed by atoms with van der Waals surface area (Å²) >= 11 is 0. The predicted octanol–water partition coefficient (Wildman–Crippen LogP) is 22.0. The summed E-state index contributed by atoms with van der Waals surface area (Å²) < 4.78 is 68.5. The Morgan fingerprint density at radius 3 is 0.747 bits per heavy atom. The maximum absolute atomic E-state index is 13.1. The topological polar surface area (TPSA) is 237 Å². The quantitative estimate of drug-likeness (QED) is 0.0222. The third-order valence-corrected chi connectivity index (χ3v) is 20.6. The lowest BCUT2D eigenvalue weighted by Crippen LogP contribution is -2.30. The normalized spacial score (nSPS) is 15.0. The van der Waals surface area contributed by atoms with Gasteiger partial charge in [0.1, 0.15) is 19.3 Å². The van der Waals surface area contributed by atoms with E-state index in [1.54, 1.807) is 0 Å². The Morgan fingerprint density at radius 2 is 0.505 bits per heavy atom. The second-order valence-corrected chi connectivity index (χ2v) is 31.5. The molecular formula is C76H148O17P2. The van der Waals surface area contributed by atoms with Gasteiger partial charge in [0.25, 0.3) is 0 Å². The highest BCUT2D eigenvalue weighted by Gasteiger charge is 2.30. The van der Waals surface area contributed by atoms with Crippen LogP contribution < -0.4 is 0 Å². The number of phosphoric ester groups is 2. The van der Waals surface area contributed by atoms with E-state index in [0.717, 1.165) is 120 Å². The van der Waals surface area contributed by atoms with E-state index in [-0.39, 0.29) is 25.7 Å². The molecule has 0 aliphatic carbocycles. The van der Waals surface area contributed by atoms with Crippen LogP contribution in [0.5, 0.6) is 0 Å². The first kappa shape index (κ1) is 93.1. The number of carbonyl (C=O) groups excluding carboxylic acids is 4. The van der Waals surface area contributed by atoms with Gasteiger partial charge < -0.3 is 33.8 Å². The van der Waals surface area contributed by atoms with Crippen molar-refractivity contribution < 1.29 is 80.2 Å². The summed E-state index contributed by atoms with van der Waals surface area (Å²) in [4.78, 5) is 72.8. The van der Waals surface area contributed by atoms with Crippen LogP contribution in [0.15, 0.2) is 0 Å². The molecule has 19 heteroatoms. The predicted molar refractivity (Wildman–Crippen MR) is 386 cm³/mol. The van der Waals surface area contributed by atoms with Crippen LogP contribution in [-0.2, 0) is 65.4 Å². The van der Waals surface area contributed by atoms with Gasteiger partial charge >= 0.3 is 39.5 Å². The number of ether oxygens (including phenoxy) is 4. The van der Waals surface area contributed by atoms with Gasteiger partial charge in [0, 0.05) is 25.7 Å². The Morgan fingerprint density at radius 1 is 0.295 bits per heavy atom. The van der Waals surface area contributed by atoms with Crippen LogP contribution in [0.3, 0.4) is 0 Å². The molecular weight excluding hydrogens is 1250 g/mol. The minimum atomic E-state index is -4.96. The van der Waals surface area contributed by atoms with Gasteiger partial charge in [-0.15, -0.1) is 0 Å². The molecule has 0 bridgehead atoms. The minimum absolute atomic E-state index is 0.103. The Bertz CT molecular complexity index is 1870. The van der Waals surface area contributed by atoms with E-state index in [2.05, 4.69) is 55.4 Å². The number of carbonyl (C=O) groups is 4. The van der Waals surface area contributed by atoms with Crippen molar-refractivity contribution in [1.29, 1.82) is 0 Å². The average Bonchev–Trinajstić information content (AvgIpc) is 3.75. The molecule has 0 rings (SSSR count). The van der Waals surface area contributed by atoms with Crippen LogP contribution in [-0.4, -0.2) is 96.7 Å². The molecule has 17 nitrogen and oxygen atoms in total. The Balaban J connectivity index is 5.19. The van der Waals surface area contributed by atoms with Crippen LogP contribution in [0.2, 0.25) is 0 Å². The lowest BCUT2D eigenvalue weighted by molar-refractivity contribution is -0.161. The fourth-order valence-corrected chi connectivity index (χ4v) is 13.0. The molecule has 0 aromatic rings. The summed E-state index contributed by atoms with van der Waals surface area (Å²) in [5, 5.41) is 10.6. The number of unbranched alkanes of at least 4 members (excludes halogenated alkanes) is 36. The smallest absolute Gasteiger partial charge is 0.462 e. The number of aliphatic hydroxyl groups excluding tert-OH is 1. The average molecular weight is 1400 g/mol. The molecule has 0 aliphatic rings. The zero-order valence-electron chi connectivity index (χ0n) is 62.3. The van der Waals surface area contributed by atoms with E-state index in [0.29, 0.717) is 25.7 Å². The van der Waals surface area contributed by atoms with Crippen molar-refractivity contribution in [2.45, 2.75) is 401 Å². The van der Waals surface area contributed by atoms with Crippen molar-refractivity contribution in [3.8, 4) is 0 Å². The summed E-state index contributed by atoms with van der Waals surface area (Å²) in [5.41, 5.74) is 0. The highest BCUT2D eigenvalue weighted by atomic mass is 31.2. The van der Waals surface area contributed by atoms with E-state index < -0.39 is 97.5 Å². The largest absolute Gasteiger partial charge is 0.472 e. The monoisotopic (exact) mass is 1400 g/mol. The van der Waals surface area contributed by atoms with Crippen LogP contribution in [0.4, 0.5) is 0 Å².